The maximum atomic E-state index is 11.4. The van der Waals surface area contributed by atoms with Crippen LogP contribution in [0.4, 0.5) is 0 Å². The van der Waals surface area contributed by atoms with Crippen LogP contribution in [-0.4, -0.2) is 94.4 Å². The highest BCUT2D eigenvalue weighted by Crippen LogP contribution is 2.16. The molecule has 0 fully saturated rings. The van der Waals surface area contributed by atoms with Crippen LogP contribution >= 0.6 is 0 Å². The highest BCUT2D eigenvalue weighted by Gasteiger charge is 2.37. The van der Waals surface area contributed by atoms with E-state index in [1.165, 1.54) is 10.6 Å². The average molecular weight is 344 g/mol. The first-order chi connectivity index (χ1) is 9.52. The van der Waals surface area contributed by atoms with Crippen molar-refractivity contribution in [2.75, 3.05) is 68.4 Å². The van der Waals surface area contributed by atoms with Crippen molar-refractivity contribution in [3.8, 4) is 0 Å². The zero-order valence-electron chi connectivity index (χ0n) is 14.4. The topological polar surface area (TPSA) is 65.1 Å². The van der Waals surface area contributed by atoms with Gasteiger partial charge in [0, 0.05) is 40.8 Å². The molecule has 0 aromatic carbocycles. The van der Waals surface area contributed by atoms with Gasteiger partial charge in [-0.1, -0.05) is 0 Å². The quantitative estimate of drug-likeness (QED) is 0.397. The maximum Gasteiger partial charge on any atom is 0.500 e. The molecule has 0 saturated carbocycles. The van der Waals surface area contributed by atoms with Crippen molar-refractivity contribution in [3.63, 3.8) is 0 Å². The van der Waals surface area contributed by atoms with Crippen molar-refractivity contribution < 1.29 is 26.2 Å². The maximum absolute atomic E-state index is 11.4. The molecule has 0 aliphatic heterocycles. The molecular weight excluding hydrogens is 312 g/mol. The van der Waals surface area contributed by atoms with E-state index in [1.807, 2.05) is 0 Å². The van der Waals surface area contributed by atoms with E-state index < -0.39 is 18.8 Å². The molecule has 128 valence electrons. The van der Waals surface area contributed by atoms with Gasteiger partial charge in [0.25, 0.3) is 0 Å². The second kappa shape index (κ2) is 8.56. The predicted molar refractivity (Wildman–Crippen MR) is 85.5 cm³/mol. The largest absolute Gasteiger partial charge is 0.500 e. The Labute approximate surface area is 130 Å². The highest BCUT2D eigenvalue weighted by atomic mass is 32.2. The molecule has 0 aliphatic carbocycles. The third kappa shape index (κ3) is 7.68. The Bertz CT molecular complexity index is 390. The molecule has 0 N–H and O–H groups in total. The lowest BCUT2D eigenvalue weighted by Gasteiger charge is -2.32. The number of quaternary nitrogens is 1. The Balaban J connectivity index is 4.31. The summed E-state index contributed by atoms with van der Waals surface area (Å²) in [6.07, 6.45) is 2.13. The van der Waals surface area contributed by atoms with Gasteiger partial charge in [-0.25, -0.2) is 8.42 Å². The first-order valence-corrected chi connectivity index (χ1v) is 10.7. The summed E-state index contributed by atoms with van der Waals surface area (Å²) >= 11 is 0. The van der Waals surface area contributed by atoms with E-state index in [2.05, 4.69) is 14.1 Å². The van der Waals surface area contributed by atoms with Crippen molar-refractivity contribution >= 4 is 18.8 Å². The standard InChI is InChI=1S/C12H31N2O5SSi/c1-13(20(7,15)16)9-11-14(2,3)10-8-12-21(17-4,18-5)19-6/h8-12H2,1-7H3/q+1. The summed E-state index contributed by atoms with van der Waals surface area (Å²) in [7, 11) is 5.00. The zero-order chi connectivity index (χ0) is 16.7. The molecule has 0 unspecified atom stereocenters. The fourth-order valence-electron chi connectivity index (χ4n) is 1.97. The highest BCUT2D eigenvalue weighted by molar-refractivity contribution is 7.88. The lowest BCUT2D eigenvalue weighted by molar-refractivity contribution is -0.889. The van der Waals surface area contributed by atoms with Gasteiger partial charge in [0.2, 0.25) is 10.0 Å². The molecule has 0 bridgehead atoms. The Hall–Kier alpha value is -0.0331. The van der Waals surface area contributed by atoms with Gasteiger partial charge >= 0.3 is 8.80 Å². The monoisotopic (exact) mass is 343 g/mol. The molecule has 0 heterocycles. The molecule has 0 aromatic heterocycles. The summed E-state index contributed by atoms with van der Waals surface area (Å²) in [6, 6.07) is 0.750. The second-order valence-electron chi connectivity index (χ2n) is 5.87. The van der Waals surface area contributed by atoms with Crippen LogP contribution in [0.3, 0.4) is 0 Å². The van der Waals surface area contributed by atoms with E-state index in [0.717, 1.165) is 30.0 Å². The number of hydrogen-bond acceptors (Lipinski definition) is 5. The lowest BCUT2D eigenvalue weighted by Crippen LogP contribution is -2.48. The summed E-state index contributed by atoms with van der Waals surface area (Å²) in [5.74, 6) is 0. The molecule has 0 radical (unpaired) electrons. The SMILES string of the molecule is CO[Si](CCC[N+](C)(C)CCN(C)S(C)(=O)=O)(OC)OC. The first-order valence-electron chi connectivity index (χ1n) is 6.91. The molecule has 0 amide bonds. The van der Waals surface area contributed by atoms with Crippen LogP contribution in [0.2, 0.25) is 6.04 Å². The minimum absolute atomic E-state index is 0.507. The van der Waals surface area contributed by atoms with Crippen LogP contribution in [0.25, 0.3) is 0 Å². The lowest BCUT2D eigenvalue weighted by atomic mass is 10.3. The smallest absolute Gasteiger partial charge is 0.377 e. The normalized spacial score (nSPS) is 13.9. The van der Waals surface area contributed by atoms with Crippen LogP contribution in [0.1, 0.15) is 6.42 Å². The van der Waals surface area contributed by atoms with Crippen molar-refractivity contribution in [3.05, 3.63) is 0 Å². The van der Waals surface area contributed by atoms with Crippen molar-refractivity contribution in [1.82, 2.24) is 4.31 Å². The number of hydrogen-bond donors (Lipinski definition) is 0. The van der Waals surface area contributed by atoms with Gasteiger partial charge in [0.15, 0.2) is 0 Å². The number of nitrogens with zero attached hydrogens (tertiary/aromatic N) is 2. The van der Waals surface area contributed by atoms with Crippen LogP contribution in [-0.2, 0) is 23.3 Å². The van der Waals surface area contributed by atoms with Crippen LogP contribution < -0.4 is 0 Å². The van der Waals surface area contributed by atoms with Gasteiger partial charge in [-0.15, -0.1) is 0 Å². The second-order valence-corrected chi connectivity index (χ2v) is 11.0. The zero-order valence-corrected chi connectivity index (χ0v) is 16.2. The minimum atomic E-state index is -3.11. The number of rotatable bonds is 11. The number of sulfonamides is 1. The molecule has 21 heavy (non-hydrogen) atoms. The van der Waals surface area contributed by atoms with Gasteiger partial charge in [-0.05, 0) is 0 Å². The third-order valence-electron chi connectivity index (χ3n) is 3.77. The van der Waals surface area contributed by atoms with Gasteiger partial charge in [0.1, 0.15) is 0 Å². The molecule has 0 aliphatic rings. The van der Waals surface area contributed by atoms with E-state index in [0.29, 0.717) is 6.54 Å². The molecule has 0 aromatic rings. The Morgan fingerprint density at radius 2 is 1.52 bits per heavy atom. The van der Waals surface area contributed by atoms with Crippen LogP contribution in [0, 0.1) is 0 Å². The molecule has 7 nitrogen and oxygen atoms in total. The Kier molecular flexibility index (Phi) is 8.55. The van der Waals surface area contributed by atoms with Gasteiger partial charge in [0.05, 0.1) is 40.0 Å². The number of likely N-dealkylation sites (N-methyl/N-ethyl adjacent to an activating group) is 2. The Morgan fingerprint density at radius 1 is 1.05 bits per heavy atom. The summed E-state index contributed by atoms with van der Waals surface area (Å²) < 4.78 is 41.1. The average Bonchev–Trinajstić information content (AvgIpc) is 2.40. The van der Waals surface area contributed by atoms with Crippen LogP contribution in [0.5, 0.6) is 0 Å². The Morgan fingerprint density at radius 3 is 1.90 bits per heavy atom. The van der Waals surface area contributed by atoms with Crippen molar-refractivity contribution in [2.45, 2.75) is 12.5 Å². The molecular formula is C12H31N2O5SSi+. The van der Waals surface area contributed by atoms with Crippen LogP contribution in [0.15, 0.2) is 0 Å². The first kappa shape index (κ1) is 21.0. The van der Waals surface area contributed by atoms with E-state index in [4.69, 9.17) is 13.3 Å². The van der Waals surface area contributed by atoms with Crippen molar-refractivity contribution in [2.24, 2.45) is 0 Å². The molecule has 0 atom stereocenters. The van der Waals surface area contributed by atoms with Gasteiger partial charge in [-0.3, -0.25) is 0 Å². The fraction of sp³-hybridized carbons (Fsp3) is 1.00. The third-order valence-corrected chi connectivity index (χ3v) is 7.91. The molecule has 0 rings (SSSR count). The summed E-state index contributed by atoms with van der Waals surface area (Å²) in [4.78, 5) is 0. The molecule has 0 spiro atoms. The minimum Gasteiger partial charge on any atom is -0.377 e. The van der Waals surface area contributed by atoms with E-state index >= 15 is 0 Å². The summed E-state index contributed by atoms with van der Waals surface area (Å²) in [5.41, 5.74) is 0. The summed E-state index contributed by atoms with van der Waals surface area (Å²) in [5, 5.41) is 0. The van der Waals surface area contributed by atoms with Gasteiger partial charge < -0.3 is 17.8 Å². The fourth-order valence-corrected chi connectivity index (χ4v) is 4.09. The van der Waals surface area contributed by atoms with Crippen molar-refractivity contribution in [1.29, 1.82) is 0 Å². The molecule has 9 heteroatoms. The van der Waals surface area contributed by atoms with Gasteiger partial charge in [-0.2, -0.15) is 4.31 Å². The van der Waals surface area contributed by atoms with E-state index in [1.54, 1.807) is 28.4 Å². The van der Waals surface area contributed by atoms with E-state index in [-0.39, 0.29) is 0 Å². The predicted octanol–water partition coefficient (Wildman–Crippen LogP) is 0.222. The summed E-state index contributed by atoms with van der Waals surface area (Å²) in [6.45, 7) is 2.17. The molecule has 0 saturated heterocycles. The van der Waals surface area contributed by atoms with E-state index in [9.17, 15) is 8.42 Å².